The Balaban J connectivity index is 3.10. The van der Waals surface area contributed by atoms with Gasteiger partial charge in [-0.1, -0.05) is 29.3 Å². The van der Waals surface area contributed by atoms with Crippen molar-refractivity contribution in [1.29, 1.82) is 0 Å². The highest BCUT2D eigenvalue weighted by Gasteiger charge is 2.29. The Morgan fingerprint density at radius 1 is 1.23 bits per heavy atom. The summed E-state index contributed by atoms with van der Waals surface area (Å²) in [4.78, 5) is 0. The summed E-state index contributed by atoms with van der Waals surface area (Å²) in [5.41, 5.74) is 4.68. The van der Waals surface area contributed by atoms with E-state index in [1.54, 1.807) is 0 Å². The van der Waals surface area contributed by atoms with Crippen LogP contribution in [-0.2, 0) is 5.92 Å². The molecule has 0 fully saturated rings. The summed E-state index contributed by atoms with van der Waals surface area (Å²) >= 11 is 11.1. The molecule has 5 heteroatoms. The van der Waals surface area contributed by atoms with Crippen molar-refractivity contribution in [2.75, 3.05) is 6.54 Å². The van der Waals surface area contributed by atoms with E-state index in [2.05, 4.69) is 0 Å². The molecule has 1 aromatic rings. The van der Waals surface area contributed by atoms with Gasteiger partial charge in [-0.25, -0.2) is 0 Å². The quantitative estimate of drug-likeness (QED) is 0.823. The molecule has 0 spiro atoms. The van der Waals surface area contributed by atoms with Crippen LogP contribution < -0.4 is 5.73 Å². The molecule has 0 aliphatic carbocycles. The van der Waals surface area contributed by atoms with E-state index in [-0.39, 0.29) is 15.6 Å². The third-order valence-corrected chi connectivity index (χ3v) is 2.34. The molecular weight excluding hydrogens is 219 g/mol. The minimum absolute atomic E-state index is 0.104. The zero-order chi connectivity index (χ0) is 10.1. The predicted molar refractivity (Wildman–Crippen MR) is 49.4 cm³/mol. The number of benzene rings is 1. The Bertz CT molecular complexity index is 315. The summed E-state index contributed by atoms with van der Waals surface area (Å²) in [6, 6.07) is 3.65. The summed E-state index contributed by atoms with van der Waals surface area (Å²) in [6.07, 6.45) is 0. The van der Waals surface area contributed by atoms with Crippen molar-refractivity contribution < 1.29 is 8.78 Å². The van der Waals surface area contributed by atoms with Gasteiger partial charge in [0.05, 0.1) is 16.6 Å². The third kappa shape index (κ3) is 2.30. The van der Waals surface area contributed by atoms with Crippen molar-refractivity contribution in [3.8, 4) is 0 Å². The molecule has 1 rings (SSSR count). The molecule has 2 N–H and O–H groups in total. The fraction of sp³-hybridized carbons (Fsp3) is 0.250. The maximum absolute atomic E-state index is 13.0. The lowest BCUT2D eigenvalue weighted by Gasteiger charge is -2.14. The van der Waals surface area contributed by atoms with E-state index in [4.69, 9.17) is 28.9 Å². The molecule has 1 aromatic carbocycles. The zero-order valence-corrected chi connectivity index (χ0v) is 8.04. The van der Waals surface area contributed by atoms with Crippen LogP contribution in [-0.4, -0.2) is 6.54 Å². The second-order valence-corrected chi connectivity index (χ2v) is 3.35. The number of hydrogen-bond donors (Lipinski definition) is 1. The fourth-order valence-corrected chi connectivity index (χ4v) is 1.14. The summed E-state index contributed by atoms with van der Waals surface area (Å²) in [7, 11) is 0. The normalized spacial score (nSPS) is 11.8. The summed E-state index contributed by atoms with van der Waals surface area (Å²) < 4.78 is 25.9. The highest BCUT2D eigenvalue weighted by Crippen LogP contribution is 2.31. The van der Waals surface area contributed by atoms with Gasteiger partial charge in [0.2, 0.25) is 0 Å². The number of nitrogens with two attached hydrogens (primary N) is 1. The van der Waals surface area contributed by atoms with Crippen molar-refractivity contribution in [3.63, 3.8) is 0 Å². The Labute approximate surface area is 84.4 Å². The van der Waals surface area contributed by atoms with Crippen LogP contribution in [0.5, 0.6) is 0 Å². The van der Waals surface area contributed by atoms with E-state index in [1.807, 2.05) is 0 Å². The molecule has 1 nitrogen and oxygen atoms in total. The molecule has 0 amide bonds. The van der Waals surface area contributed by atoms with Gasteiger partial charge in [0.1, 0.15) is 0 Å². The Kier molecular flexibility index (Phi) is 3.11. The molecule has 0 unspecified atom stereocenters. The van der Waals surface area contributed by atoms with E-state index in [9.17, 15) is 8.78 Å². The van der Waals surface area contributed by atoms with Crippen LogP contribution in [0.2, 0.25) is 10.0 Å². The topological polar surface area (TPSA) is 26.0 Å². The molecular formula is C8H7Cl2F2N. The van der Waals surface area contributed by atoms with Crippen LogP contribution in [0.3, 0.4) is 0 Å². The largest absolute Gasteiger partial charge is 0.325 e. The number of halogens is 4. The maximum atomic E-state index is 13.0. The van der Waals surface area contributed by atoms with Gasteiger partial charge in [-0.15, -0.1) is 0 Å². The summed E-state index contributed by atoms with van der Waals surface area (Å²) in [5.74, 6) is -3.05. The Hall–Kier alpha value is -0.380. The van der Waals surface area contributed by atoms with Crippen LogP contribution in [0.4, 0.5) is 8.78 Å². The molecule has 0 aliphatic rings. The van der Waals surface area contributed by atoms with E-state index in [0.717, 1.165) is 6.07 Å². The lowest BCUT2D eigenvalue weighted by atomic mass is 10.1. The first-order chi connectivity index (χ1) is 5.97. The molecule has 0 atom stereocenters. The van der Waals surface area contributed by atoms with Gasteiger partial charge in [-0.2, -0.15) is 8.78 Å². The van der Waals surface area contributed by atoms with Crippen LogP contribution in [0, 0.1) is 0 Å². The standard InChI is InChI=1S/C8H7Cl2F2N/c9-6-2-1-5(3-7(6)10)8(11,12)4-13/h1-3H,4,13H2. The van der Waals surface area contributed by atoms with Gasteiger partial charge in [-0.3, -0.25) is 0 Å². The highest BCUT2D eigenvalue weighted by molar-refractivity contribution is 6.42. The molecule has 0 heterocycles. The third-order valence-electron chi connectivity index (χ3n) is 1.60. The van der Waals surface area contributed by atoms with Gasteiger partial charge in [0.25, 0.3) is 5.92 Å². The molecule has 0 aromatic heterocycles. The Morgan fingerprint density at radius 2 is 1.85 bits per heavy atom. The molecule has 0 saturated heterocycles. The first kappa shape index (κ1) is 10.7. The lowest BCUT2D eigenvalue weighted by molar-refractivity contribution is 0.00596. The van der Waals surface area contributed by atoms with Crippen LogP contribution >= 0.6 is 23.2 Å². The van der Waals surface area contributed by atoms with Crippen molar-refractivity contribution in [3.05, 3.63) is 33.8 Å². The fourth-order valence-electron chi connectivity index (χ4n) is 0.841. The molecule has 0 saturated carbocycles. The minimum Gasteiger partial charge on any atom is -0.325 e. The molecule has 72 valence electrons. The second-order valence-electron chi connectivity index (χ2n) is 2.54. The van der Waals surface area contributed by atoms with E-state index >= 15 is 0 Å². The summed E-state index contributed by atoms with van der Waals surface area (Å²) in [5, 5.41) is 0.352. The first-order valence-corrected chi connectivity index (χ1v) is 4.26. The van der Waals surface area contributed by atoms with E-state index in [0.29, 0.717) is 0 Å². The SMILES string of the molecule is NCC(F)(F)c1ccc(Cl)c(Cl)c1. The summed E-state index contributed by atoms with van der Waals surface area (Å²) in [6.45, 7) is -0.745. The van der Waals surface area contributed by atoms with Crippen molar-refractivity contribution in [2.45, 2.75) is 5.92 Å². The van der Waals surface area contributed by atoms with Crippen LogP contribution in [0.1, 0.15) is 5.56 Å². The molecule has 13 heavy (non-hydrogen) atoms. The number of alkyl halides is 2. The second kappa shape index (κ2) is 3.78. The van der Waals surface area contributed by atoms with E-state index < -0.39 is 12.5 Å². The van der Waals surface area contributed by atoms with Gasteiger partial charge in [0, 0.05) is 5.56 Å². The average molecular weight is 226 g/mol. The lowest BCUT2D eigenvalue weighted by Crippen LogP contribution is -2.24. The predicted octanol–water partition coefficient (Wildman–Crippen LogP) is 3.04. The molecule has 0 radical (unpaired) electrons. The van der Waals surface area contributed by atoms with Crippen LogP contribution in [0.25, 0.3) is 0 Å². The van der Waals surface area contributed by atoms with Gasteiger partial charge in [-0.05, 0) is 12.1 Å². The number of hydrogen-bond acceptors (Lipinski definition) is 1. The number of rotatable bonds is 2. The highest BCUT2D eigenvalue weighted by atomic mass is 35.5. The molecule has 0 aliphatic heterocycles. The molecule has 0 bridgehead atoms. The smallest absolute Gasteiger partial charge is 0.285 e. The zero-order valence-electron chi connectivity index (χ0n) is 6.53. The van der Waals surface area contributed by atoms with Gasteiger partial charge >= 0.3 is 0 Å². The van der Waals surface area contributed by atoms with Gasteiger partial charge in [0.15, 0.2) is 0 Å². The van der Waals surface area contributed by atoms with Gasteiger partial charge < -0.3 is 5.73 Å². The van der Waals surface area contributed by atoms with E-state index in [1.165, 1.54) is 12.1 Å². The van der Waals surface area contributed by atoms with Crippen molar-refractivity contribution in [1.82, 2.24) is 0 Å². The minimum atomic E-state index is -3.05. The maximum Gasteiger partial charge on any atom is 0.285 e. The average Bonchev–Trinajstić information content (AvgIpc) is 2.09. The van der Waals surface area contributed by atoms with Crippen molar-refractivity contribution in [2.24, 2.45) is 5.73 Å². The first-order valence-electron chi connectivity index (χ1n) is 3.51. The Morgan fingerprint density at radius 3 is 2.31 bits per heavy atom. The monoisotopic (exact) mass is 225 g/mol. The van der Waals surface area contributed by atoms with Crippen molar-refractivity contribution >= 4 is 23.2 Å². The van der Waals surface area contributed by atoms with Crippen LogP contribution in [0.15, 0.2) is 18.2 Å².